The van der Waals surface area contributed by atoms with Gasteiger partial charge in [-0.15, -0.1) is 22.7 Å². The zero-order valence-corrected chi connectivity index (χ0v) is 18.0. The number of carbonyl (C=O) groups excluding carboxylic acids is 2. The number of benzene rings is 1. The van der Waals surface area contributed by atoms with Crippen LogP contribution >= 0.6 is 22.7 Å². The SMILES string of the molecule is Cc1ccc(NC(=O)CN2CCc3nc(NC(=O)c4cccs4)sc3C2)c(C)c1. The Kier molecular flexibility index (Phi) is 5.75. The second-order valence-corrected chi connectivity index (χ2v) is 9.18. The zero-order chi connectivity index (χ0) is 20.4. The fourth-order valence-electron chi connectivity index (χ4n) is 3.35. The van der Waals surface area contributed by atoms with E-state index < -0.39 is 0 Å². The van der Waals surface area contributed by atoms with Crippen molar-refractivity contribution in [1.82, 2.24) is 9.88 Å². The Labute approximate surface area is 177 Å². The molecular formula is C21H22N4O2S2. The van der Waals surface area contributed by atoms with Crippen LogP contribution in [-0.4, -0.2) is 34.8 Å². The summed E-state index contributed by atoms with van der Waals surface area (Å²) in [7, 11) is 0. The molecule has 0 unspecified atom stereocenters. The van der Waals surface area contributed by atoms with Crippen LogP contribution in [0.15, 0.2) is 35.7 Å². The van der Waals surface area contributed by atoms with Gasteiger partial charge in [0.05, 0.1) is 17.1 Å². The van der Waals surface area contributed by atoms with Gasteiger partial charge >= 0.3 is 0 Å². The Morgan fingerprint density at radius 1 is 1.21 bits per heavy atom. The van der Waals surface area contributed by atoms with Gasteiger partial charge in [0, 0.05) is 30.1 Å². The van der Waals surface area contributed by atoms with E-state index in [9.17, 15) is 9.59 Å². The number of anilines is 2. The topological polar surface area (TPSA) is 74.3 Å². The number of amides is 2. The van der Waals surface area contributed by atoms with Gasteiger partial charge < -0.3 is 5.32 Å². The lowest BCUT2D eigenvalue weighted by atomic mass is 10.1. The van der Waals surface area contributed by atoms with Gasteiger partial charge in [0.15, 0.2) is 5.13 Å². The molecule has 2 aromatic heterocycles. The average Bonchev–Trinajstić information content (AvgIpc) is 3.33. The van der Waals surface area contributed by atoms with Gasteiger partial charge in [0.25, 0.3) is 5.91 Å². The summed E-state index contributed by atoms with van der Waals surface area (Å²) in [6.45, 7) is 5.81. The molecule has 0 saturated heterocycles. The summed E-state index contributed by atoms with van der Waals surface area (Å²) in [6.07, 6.45) is 0.775. The van der Waals surface area contributed by atoms with Crippen molar-refractivity contribution in [3.63, 3.8) is 0 Å². The normalized spacial score (nSPS) is 13.7. The number of nitrogens with one attached hydrogen (secondary N) is 2. The molecule has 0 saturated carbocycles. The van der Waals surface area contributed by atoms with Crippen molar-refractivity contribution < 1.29 is 9.59 Å². The van der Waals surface area contributed by atoms with Crippen LogP contribution in [0.2, 0.25) is 0 Å². The maximum absolute atomic E-state index is 12.5. The molecule has 0 spiro atoms. The van der Waals surface area contributed by atoms with Crippen LogP contribution in [0.25, 0.3) is 0 Å². The highest BCUT2D eigenvalue weighted by Gasteiger charge is 2.23. The predicted octanol–water partition coefficient (Wildman–Crippen LogP) is 4.07. The quantitative estimate of drug-likeness (QED) is 0.645. The molecule has 0 fully saturated rings. The van der Waals surface area contributed by atoms with Crippen molar-refractivity contribution in [2.75, 3.05) is 23.7 Å². The smallest absolute Gasteiger partial charge is 0.267 e. The number of fused-ring (bicyclic) bond motifs is 1. The van der Waals surface area contributed by atoms with Crippen molar-refractivity contribution in [2.24, 2.45) is 0 Å². The van der Waals surface area contributed by atoms with Gasteiger partial charge in [-0.05, 0) is 36.9 Å². The second kappa shape index (κ2) is 8.44. The predicted molar refractivity (Wildman–Crippen MR) is 118 cm³/mol. The first-order chi connectivity index (χ1) is 14.0. The zero-order valence-electron chi connectivity index (χ0n) is 16.3. The molecule has 1 aliphatic rings. The minimum Gasteiger partial charge on any atom is -0.325 e. The monoisotopic (exact) mass is 426 g/mol. The van der Waals surface area contributed by atoms with Crippen LogP contribution in [0.4, 0.5) is 10.8 Å². The number of aromatic nitrogens is 1. The van der Waals surface area contributed by atoms with Gasteiger partial charge in [-0.3, -0.25) is 19.8 Å². The first-order valence-electron chi connectivity index (χ1n) is 9.41. The lowest BCUT2D eigenvalue weighted by Crippen LogP contribution is -2.36. The van der Waals surface area contributed by atoms with E-state index in [1.54, 1.807) is 6.07 Å². The van der Waals surface area contributed by atoms with Crippen molar-refractivity contribution in [3.05, 3.63) is 62.3 Å². The highest BCUT2D eigenvalue weighted by molar-refractivity contribution is 7.16. The third-order valence-corrected chi connectivity index (χ3v) is 6.67. The summed E-state index contributed by atoms with van der Waals surface area (Å²) in [5.41, 5.74) is 4.11. The lowest BCUT2D eigenvalue weighted by Gasteiger charge is -2.25. The molecule has 150 valence electrons. The summed E-state index contributed by atoms with van der Waals surface area (Å²) in [6, 6.07) is 9.66. The summed E-state index contributed by atoms with van der Waals surface area (Å²) in [5, 5.41) is 8.39. The van der Waals surface area contributed by atoms with Crippen LogP contribution in [0.1, 0.15) is 31.4 Å². The van der Waals surface area contributed by atoms with Crippen LogP contribution in [0.3, 0.4) is 0 Å². The molecule has 8 heteroatoms. The average molecular weight is 427 g/mol. The van der Waals surface area contributed by atoms with Crippen LogP contribution < -0.4 is 10.6 Å². The minimum absolute atomic E-state index is 0.0175. The fourth-order valence-corrected chi connectivity index (χ4v) is 5.01. The molecule has 0 atom stereocenters. The van der Waals surface area contributed by atoms with Crippen molar-refractivity contribution >= 4 is 45.3 Å². The Bertz CT molecular complexity index is 1040. The number of hydrogen-bond acceptors (Lipinski definition) is 6. The van der Waals surface area contributed by atoms with Gasteiger partial charge in [0.2, 0.25) is 5.91 Å². The van der Waals surface area contributed by atoms with E-state index in [4.69, 9.17) is 0 Å². The van der Waals surface area contributed by atoms with Crippen LogP contribution in [0, 0.1) is 13.8 Å². The van der Waals surface area contributed by atoms with E-state index in [2.05, 4.69) is 26.6 Å². The van der Waals surface area contributed by atoms with E-state index >= 15 is 0 Å². The van der Waals surface area contributed by atoms with Crippen molar-refractivity contribution in [1.29, 1.82) is 0 Å². The highest BCUT2D eigenvalue weighted by Crippen LogP contribution is 2.29. The molecule has 4 rings (SSSR count). The Morgan fingerprint density at radius 2 is 2.07 bits per heavy atom. The van der Waals surface area contributed by atoms with Crippen LogP contribution in [0.5, 0.6) is 0 Å². The Hall–Kier alpha value is -2.55. The Balaban J connectivity index is 1.35. The maximum atomic E-state index is 12.5. The molecule has 6 nitrogen and oxygen atoms in total. The summed E-state index contributed by atoms with van der Waals surface area (Å²) in [5.74, 6) is -0.146. The fraction of sp³-hybridized carbons (Fsp3) is 0.286. The number of thiazole rings is 1. The molecule has 0 radical (unpaired) electrons. The summed E-state index contributed by atoms with van der Waals surface area (Å²) in [4.78, 5) is 33.2. The first kappa shape index (κ1) is 19.8. The largest absolute Gasteiger partial charge is 0.325 e. The molecule has 1 aliphatic heterocycles. The summed E-state index contributed by atoms with van der Waals surface area (Å²) >= 11 is 2.89. The molecular weight excluding hydrogens is 404 g/mol. The molecule has 0 bridgehead atoms. The number of rotatable bonds is 5. The second-order valence-electron chi connectivity index (χ2n) is 7.15. The number of nitrogens with zero attached hydrogens (tertiary/aromatic N) is 2. The molecule has 1 aromatic carbocycles. The number of aryl methyl sites for hydroxylation is 2. The van der Waals surface area contributed by atoms with Gasteiger partial charge in [-0.25, -0.2) is 4.98 Å². The number of thiophene rings is 1. The lowest BCUT2D eigenvalue weighted by molar-refractivity contribution is -0.117. The van der Waals surface area contributed by atoms with E-state index in [-0.39, 0.29) is 11.8 Å². The number of hydrogen-bond donors (Lipinski definition) is 2. The van der Waals surface area contributed by atoms with Gasteiger partial charge in [-0.2, -0.15) is 0 Å². The molecule has 29 heavy (non-hydrogen) atoms. The highest BCUT2D eigenvalue weighted by atomic mass is 32.1. The first-order valence-corrected chi connectivity index (χ1v) is 11.1. The van der Waals surface area contributed by atoms with E-state index in [0.29, 0.717) is 23.1 Å². The van der Waals surface area contributed by atoms with Crippen molar-refractivity contribution in [2.45, 2.75) is 26.8 Å². The van der Waals surface area contributed by atoms with E-state index in [1.165, 1.54) is 28.2 Å². The third-order valence-electron chi connectivity index (χ3n) is 4.80. The molecule has 0 aliphatic carbocycles. The standard InChI is InChI=1S/C21H22N4O2S2/c1-13-5-6-15(14(2)10-13)22-19(26)12-25-8-7-16-18(11-25)29-21(23-16)24-20(27)17-4-3-9-28-17/h3-6,9-10H,7-8,11-12H2,1-2H3,(H,22,26)(H,23,24,27). The van der Waals surface area contributed by atoms with Crippen molar-refractivity contribution in [3.8, 4) is 0 Å². The van der Waals surface area contributed by atoms with E-state index in [0.717, 1.165) is 34.8 Å². The molecule has 3 heterocycles. The molecule has 3 aromatic rings. The van der Waals surface area contributed by atoms with E-state index in [1.807, 2.05) is 37.4 Å². The third kappa shape index (κ3) is 4.72. The minimum atomic E-state index is -0.129. The van der Waals surface area contributed by atoms with Crippen LogP contribution in [-0.2, 0) is 17.8 Å². The maximum Gasteiger partial charge on any atom is 0.267 e. The molecule has 2 amide bonds. The van der Waals surface area contributed by atoms with Gasteiger partial charge in [0.1, 0.15) is 0 Å². The molecule has 2 N–H and O–H groups in total. The number of carbonyl (C=O) groups is 2. The Morgan fingerprint density at radius 3 is 2.83 bits per heavy atom. The van der Waals surface area contributed by atoms with Gasteiger partial charge in [-0.1, -0.05) is 23.8 Å². The summed E-state index contributed by atoms with van der Waals surface area (Å²) < 4.78 is 0.